The van der Waals surface area contributed by atoms with Crippen LogP contribution in [0.15, 0.2) is 51.1 Å². The molecule has 100 valence electrons. The van der Waals surface area contributed by atoms with Gasteiger partial charge in [0.2, 0.25) is 5.91 Å². The minimum absolute atomic E-state index is 0.0679. The van der Waals surface area contributed by atoms with Crippen LogP contribution in [0.25, 0.3) is 0 Å². The fraction of sp³-hybridized carbons (Fsp3) is 0.214. The van der Waals surface area contributed by atoms with Crippen LogP contribution >= 0.6 is 39.0 Å². The van der Waals surface area contributed by atoms with Crippen LogP contribution in [-0.2, 0) is 11.3 Å². The van der Waals surface area contributed by atoms with Gasteiger partial charge in [-0.15, -0.1) is 23.1 Å². The van der Waals surface area contributed by atoms with Gasteiger partial charge >= 0.3 is 0 Å². The Kier molecular flexibility index (Phi) is 5.48. The summed E-state index contributed by atoms with van der Waals surface area (Å²) in [5.41, 5.74) is 0. The van der Waals surface area contributed by atoms with Crippen LogP contribution in [0.3, 0.4) is 0 Å². The van der Waals surface area contributed by atoms with E-state index in [1.807, 2.05) is 49.4 Å². The average molecular weight is 356 g/mol. The first-order valence-electron chi connectivity index (χ1n) is 5.89. The predicted octanol–water partition coefficient (Wildman–Crippen LogP) is 4.31. The van der Waals surface area contributed by atoms with Gasteiger partial charge in [0.15, 0.2) is 0 Å². The van der Waals surface area contributed by atoms with Crippen molar-refractivity contribution in [2.45, 2.75) is 23.6 Å². The van der Waals surface area contributed by atoms with Gasteiger partial charge in [-0.2, -0.15) is 0 Å². The van der Waals surface area contributed by atoms with Crippen LogP contribution in [0, 0.1) is 0 Å². The van der Waals surface area contributed by atoms with Crippen LogP contribution in [0.5, 0.6) is 0 Å². The lowest BCUT2D eigenvalue weighted by molar-refractivity contribution is -0.120. The summed E-state index contributed by atoms with van der Waals surface area (Å²) in [6, 6.07) is 14.0. The van der Waals surface area contributed by atoms with Gasteiger partial charge in [0.25, 0.3) is 0 Å². The molecule has 5 heteroatoms. The van der Waals surface area contributed by atoms with Crippen molar-refractivity contribution in [1.29, 1.82) is 0 Å². The quantitative estimate of drug-likeness (QED) is 0.809. The standard InChI is InChI=1S/C14H14BrNOS2/c1-10(18-11-5-3-2-4-6-11)14(17)16-9-12-7-8-13(15)19-12/h2-8,10H,9H2,1H3,(H,16,17). The molecular formula is C14H14BrNOS2. The summed E-state index contributed by atoms with van der Waals surface area (Å²) < 4.78 is 1.09. The van der Waals surface area contributed by atoms with Gasteiger partial charge in [-0.1, -0.05) is 18.2 Å². The van der Waals surface area contributed by atoms with Gasteiger partial charge in [-0.25, -0.2) is 0 Å². The third-order valence-corrected chi connectivity index (χ3v) is 5.23. The van der Waals surface area contributed by atoms with Gasteiger partial charge in [-0.05, 0) is 47.1 Å². The Morgan fingerprint density at radius 2 is 2.05 bits per heavy atom. The Labute approximate surface area is 129 Å². The smallest absolute Gasteiger partial charge is 0.233 e. The molecule has 0 aliphatic rings. The van der Waals surface area contributed by atoms with Crippen molar-refractivity contribution in [2.24, 2.45) is 0 Å². The second-order valence-corrected chi connectivity index (χ2v) is 7.96. The highest BCUT2D eigenvalue weighted by Crippen LogP contribution is 2.24. The van der Waals surface area contributed by atoms with Crippen LogP contribution in [0.1, 0.15) is 11.8 Å². The van der Waals surface area contributed by atoms with E-state index < -0.39 is 0 Å². The van der Waals surface area contributed by atoms with Gasteiger partial charge in [0, 0.05) is 9.77 Å². The first kappa shape index (κ1) is 14.6. The molecule has 0 aliphatic carbocycles. The number of rotatable bonds is 5. The third kappa shape index (κ3) is 4.67. The van der Waals surface area contributed by atoms with Crippen molar-refractivity contribution >= 4 is 44.9 Å². The lowest BCUT2D eigenvalue weighted by Gasteiger charge is -2.11. The molecule has 19 heavy (non-hydrogen) atoms. The molecule has 0 fully saturated rings. The van der Waals surface area contributed by atoms with Gasteiger partial charge in [0.05, 0.1) is 15.6 Å². The van der Waals surface area contributed by atoms with E-state index >= 15 is 0 Å². The second kappa shape index (κ2) is 7.12. The van der Waals surface area contributed by atoms with Gasteiger partial charge in [-0.3, -0.25) is 4.79 Å². The molecule has 2 rings (SSSR count). The summed E-state index contributed by atoms with van der Waals surface area (Å²) in [6.07, 6.45) is 0. The van der Waals surface area contributed by atoms with E-state index in [2.05, 4.69) is 21.2 Å². The summed E-state index contributed by atoms with van der Waals surface area (Å²) in [6.45, 7) is 2.52. The zero-order valence-corrected chi connectivity index (χ0v) is 13.6. The molecule has 0 radical (unpaired) electrons. The van der Waals surface area contributed by atoms with Crippen molar-refractivity contribution in [1.82, 2.24) is 5.32 Å². The zero-order chi connectivity index (χ0) is 13.7. The SMILES string of the molecule is CC(Sc1ccccc1)C(=O)NCc1ccc(Br)s1. The molecule has 0 aliphatic heterocycles. The number of hydrogen-bond donors (Lipinski definition) is 1. The summed E-state index contributed by atoms with van der Waals surface area (Å²) in [5.74, 6) is 0.0679. The van der Waals surface area contributed by atoms with E-state index in [1.54, 1.807) is 23.1 Å². The van der Waals surface area contributed by atoms with Crippen molar-refractivity contribution in [3.05, 3.63) is 51.1 Å². The first-order chi connectivity index (χ1) is 9.15. The monoisotopic (exact) mass is 355 g/mol. The van der Waals surface area contributed by atoms with Gasteiger partial charge < -0.3 is 5.32 Å². The molecule has 1 atom stereocenters. The van der Waals surface area contributed by atoms with E-state index in [9.17, 15) is 4.79 Å². The van der Waals surface area contributed by atoms with Crippen molar-refractivity contribution in [3.8, 4) is 0 Å². The van der Waals surface area contributed by atoms with E-state index in [4.69, 9.17) is 0 Å². The molecule has 0 spiro atoms. The minimum Gasteiger partial charge on any atom is -0.350 e. The largest absolute Gasteiger partial charge is 0.350 e. The van der Waals surface area contributed by atoms with Crippen molar-refractivity contribution in [3.63, 3.8) is 0 Å². The number of thioether (sulfide) groups is 1. The van der Waals surface area contributed by atoms with E-state index in [-0.39, 0.29) is 11.2 Å². The fourth-order valence-electron chi connectivity index (χ4n) is 1.52. The molecule has 1 heterocycles. The van der Waals surface area contributed by atoms with Crippen molar-refractivity contribution in [2.75, 3.05) is 0 Å². The highest BCUT2D eigenvalue weighted by atomic mass is 79.9. The molecule has 1 aromatic carbocycles. The normalized spacial score (nSPS) is 12.1. The molecule has 1 unspecified atom stereocenters. The van der Waals surface area contributed by atoms with E-state index in [1.165, 1.54) is 0 Å². The number of carbonyl (C=O) groups is 1. The maximum Gasteiger partial charge on any atom is 0.233 e. The molecule has 0 bridgehead atoms. The molecule has 2 aromatic rings. The molecule has 1 aromatic heterocycles. The lowest BCUT2D eigenvalue weighted by Crippen LogP contribution is -2.30. The van der Waals surface area contributed by atoms with Gasteiger partial charge in [0.1, 0.15) is 0 Å². The maximum absolute atomic E-state index is 12.0. The molecule has 0 saturated heterocycles. The van der Waals surface area contributed by atoms with Crippen molar-refractivity contribution < 1.29 is 4.79 Å². The highest BCUT2D eigenvalue weighted by Gasteiger charge is 2.14. The third-order valence-electron chi connectivity index (χ3n) is 2.49. The minimum atomic E-state index is -0.0918. The zero-order valence-electron chi connectivity index (χ0n) is 10.4. The Morgan fingerprint density at radius 3 is 2.68 bits per heavy atom. The Morgan fingerprint density at radius 1 is 1.32 bits per heavy atom. The summed E-state index contributed by atoms with van der Waals surface area (Å²) in [7, 11) is 0. The maximum atomic E-state index is 12.0. The number of halogens is 1. The highest BCUT2D eigenvalue weighted by molar-refractivity contribution is 9.11. The summed E-state index contributed by atoms with van der Waals surface area (Å²) in [4.78, 5) is 14.3. The summed E-state index contributed by atoms with van der Waals surface area (Å²) >= 11 is 6.63. The van der Waals surface area contributed by atoms with Crippen LogP contribution in [-0.4, -0.2) is 11.2 Å². The molecule has 0 saturated carbocycles. The lowest BCUT2D eigenvalue weighted by atomic mass is 10.4. The average Bonchev–Trinajstić information content (AvgIpc) is 2.83. The Balaban J connectivity index is 1.82. The summed E-state index contributed by atoms with van der Waals surface area (Å²) in [5, 5.41) is 2.87. The topological polar surface area (TPSA) is 29.1 Å². The van der Waals surface area contributed by atoms with Crippen LogP contribution < -0.4 is 5.32 Å². The number of nitrogens with one attached hydrogen (secondary N) is 1. The number of amides is 1. The number of hydrogen-bond acceptors (Lipinski definition) is 3. The van der Waals surface area contributed by atoms with E-state index in [0.29, 0.717) is 6.54 Å². The molecule has 1 N–H and O–H groups in total. The Hall–Kier alpha value is -0.780. The number of carbonyl (C=O) groups excluding carboxylic acids is 1. The predicted molar refractivity (Wildman–Crippen MR) is 85.6 cm³/mol. The number of benzene rings is 1. The van der Waals surface area contributed by atoms with E-state index in [0.717, 1.165) is 13.6 Å². The number of thiophene rings is 1. The molecular weight excluding hydrogens is 342 g/mol. The fourth-order valence-corrected chi connectivity index (χ4v) is 3.86. The molecule has 1 amide bonds. The first-order valence-corrected chi connectivity index (χ1v) is 8.37. The van der Waals surface area contributed by atoms with Crippen LogP contribution in [0.4, 0.5) is 0 Å². The Bertz CT molecular complexity index is 541. The molecule has 2 nitrogen and oxygen atoms in total. The second-order valence-electron chi connectivity index (χ2n) is 4.00. The van der Waals surface area contributed by atoms with Crippen LogP contribution in [0.2, 0.25) is 0 Å².